The number of para-hydroxylation sites is 2. The second kappa shape index (κ2) is 8.41. The maximum atomic E-state index is 12.4. The van der Waals surface area contributed by atoms with Gasteiger partial charge in [0.25, 0.3) is 5.91 Å². The maximum absolute atomic E-state index is 12.4. The van der Waals surface area contributed by atoms with Gasteiger partial charge in [0, 0.05) is 6.54 Å². The molecule has 8 heteroatoms. The fraction of sp³-hybridized carbons (Fsp3) is 0.316. The summed E-state index contributed by atoms with van der Waals surface area (Å²) in [4.78, 5) is 12.4. The Morgan fingerprint density at radius 1 is 1.19 bits per heavy atom. The van der Waals surface area contributed by atoms with Gasteiger partial charge in [-0.2, -0.15) is 0 Å². The molecular formula is C19H22N2O5S. The molecule has 27 heavy (non-hydrogen) atoms. The number of anilines is 1. The van der Waals surface area contributed by atoms with Crippen molar-refractivity contribution in [1.82, 2.24) is 5.32 Å². The highest BCUT2D eigenvalue weighted by molar-refractivity contribution is 7.92. The van der Waals surface area contributed by atoms with Crippen molar-refractivity contribution in [3.05, 3.63) is 60.2 Å². The number of carbonyl (C=O) groups is 1. The summed E-state index contributed by atoms with van der Waals surface area (Å²) in [6, 6.07) is 16.5. The van der Waals surface area contributed by atoms with Gasteiger partial charge in [0.2, 0.25) is 10.0 Å². The third kappa shape index (κ3) is 4.99. The zero-order valence-electron chi connectivity index (χ0n) is 15.0. The zero-order chi connectivity index (χ0) is 19.3. The molecule has 1 heterocycles. The van der Waals surface area contributed by atoms with Crippen molar-refractivity contribution in [2.24, 2.45) is 0 Å². The molecule has 1 aliphatic heterocycles. The summed E-state index contributed by atoms with van der Waals surface area (Å²) in [7, 11) is -3.52. The van der Waals surface area contributed by atoms with E-state index in [4.69, 9.17) is 9.47 Å². The minimum atomic E-state index is -3.52. The molecule has 2 aromatic rings. The lowest BCUT2D eigenvalue weighted by atomic mass is 10.2. The van der Waals surface area contributed by atoms with Gasteiger partial charge in [-0.25, -0.2) is 8.42 Å². The van der Waals surface area contributed by atoms with Gasteiger partial charge in [-0.05, 0) is 17.7 Å². The summed E-state index contributed by atoms with van der Waals surface area (Å²) in [5, 5.41) is 2.73. The Morgan fingerprint density at radius 3 is 2.63 bits per heavy atom. The van der Waals surface area contributed by atoms with Crippen molar-refractivity contribution in [1.29, 1.82) is 0 Å². The molecule has 1 aliphatic rings. The largest absolute Gasteiger partial charge is 0.476 e. The third-order valence-corrected chi connectivity index (χ3v) is 5.23. The topological polar surface area (TPSA) is 84.9 Å². The van der Waals surface area contributed by atoms with Crippen LogP contribution < -0.4 is 14.4 Å². The van der Waals surface area contributed by atoms with Gasteiger partial charge in [0.05, 0.1) is 31.7 Å². The molecule has 3 rings (SSSR count). The molecule has 0 bridgehead atoms. The molecule has 144 valence electrons. The number of carbonyl (C=O) groups excluding carboxylic acids is 1. The fourth-order valence-electron chi connectivity index (χ4n) is 2.78. The minimum Gasteiger partial charge on any atom is -0.476 e. The van der Waals surface area contributed by atoms with Crippen molar-refractivity contribution in [2.75, 3.05) is 30.3 Å². The van der Waals surface area contributed by atoms with Gasteiger partial charge < -0.3 is 14.8 Å². The van der Waals surface area contributed by atoms with Crippen molar-refractivity contribution in [3.8, 4) is 5.75 Å². The van der Waals surface area contributed by atoms with E-state index in [0.717, 1.165) is 11.8 Å². The predicted molar refractivity (Wildman–Crippen MR) is 102 cm³/mol. The smallest absolute Gasteiger partial charge is 0.263 e. The Bertz CT molecular complexity index is 886. The lowest BCUT2D eigenvalue weighted by Gasteiger charge is -2.33. The highest BCUT2D eigenvalue weighted by Crippen LogP contribution is 2.34. The van der Waals surface area contributed by atoms with E-state index >= 15 is 0 Å². The molecule has 1 amide bonds. The van der Waals surface area contributed by atoms with Crippen LogP contribution in [0.15, 0.2) is 54.6 Å². The number of ether oxygens (including phenoxy) is 2. The molecule has 0 unspecified atom stereocenters. The van der Waals surface area contributed by atoms with Gasteiger partial charge in [0.15, 0.2) is 6.10 Å². The molecule has 0 aromatic heterocycles. The molecule has 7 nitrogen and oxygen atoms in total. The summed E-state index contributed by atoms with van der Waals surface area (Å²) < 4.78 is 36.5. The number of sulfonamides is 1. The summed E-state index contributed by atoms with van der Waals surface area (Å²) >= 11 is 0. The van der Waals surface area contributed by atoms with Crippen LogP contribution in [0.5, 0.6) is 5.75 Å². The number of nitrogens with one attached hydrogen (secondary N) is 1. The molecule has 1 N–H and O–H groups in total. The zero-order valence-corrected chi connectivity index (χ0v) is 15.8. The van der Waals surface area contributed by atoms with E-state index in [2.05, 4.69) is 5.32 Å². The number of amides is 1. The van der Waals surface area contributed by atoms with Crippen LogP contribution in [0.3, 0.4) is 0 Å². The van der Waals surface area contributed by atoms with Crippen LogP contribution in [0.25, 0.3) is 0 Å². The first-order valence-corrected chi connectivity index (χ1v) is 10.4. The predicted octanol–water partition coefficient (Wildman–Crippen LogP) is 1.55. The van der Waals surface area contributed by atoms with E-state index in [1.54, 1.807) is 24.3 Å². The number of hydrogen-bond donors (Lipinski definition) is 1. The normalized spacial score (nSPS) is 16.3. The van der Waals surface area contributed by atoms with Crippen LogP contribution in [-0.2, 0) is 26.2 Å². The lowest BCUT2D eigenvalue weighted by molar-refractivity contribution is -0.128. The summed E-state index contributed by atoms with van der Waals surface area (Å²) in [6.45, 7) is 1.06. The average Bonchev–Trinajstić information content (AvgIpc) is 2.66. The van der Waals surface area contributed by atoms with E-state index in [1.807, 2.05) is 30.3 Å². The molecule has 0 fully saturated rings. The standard InChI is InChI=1S/C19H22N2O5S/c1-27(23,24)21-13-18(26-17-10-6-5-9-16(17)21)19(22)20-11-12-25-14-15-7-3-2-4-8-15/h2-10,18H,11-14H2,1H3,(H,20,22)/t18-/m0/s1. The first kappa shape index (κ1) is 19.2. The Labute approximate surface area is 158 Å². The van der Waals surface area contributed by atoms with Gasteiger partial charge in [-0.1, -0.05) is 42.5 Å². The number of rotatable bonds is 7. The van der Waals surface area contributed by atoms with Crippen molar-refractivity contribution < 1.29 is 22.7 Å². The third-order valence-electron chi connectivity index (χ3n) is 4.08. The second-order valence-electron chi connectivity index (χ2n) is 6.20. The first-order chi connectivity index (χ1) is 12.9. The quantitative estimate of drug-likeness (QED) is 0.725. The second-order valence-corrected chi connectivity index (χ2v) is 8.10. The Morgan fingerprint density at radius 2 is 1.89 bits per heavy atom. The summed E-state index contributed by atoms with van der Waals surface area (Å²) in [6.07, 6.45) is 0.199. The molecule has 2 aromatic carbocycles. The van der Waals surface area contributed by atoms with E-state index in [0.29, 0.717) is 31.2 Å². The van der Waals surface area contributed by atoms with E-state index < -0.39 is 16.1 Å². The Hall–Kier alpha value is -2.58. The van der Waals surface area contributed by atoms with Crippen molar-refractivity contribution in [3.63, 3.8) is 0 Å². The molecule has 0 saturated carbocycles. The molecular weight excluding hydrogens is 368 g/mol. The minimum absolute atomic E-state index is 0.0629. The summed E-state index contributed by atoms with van der Waals surface area (Å²) in [5.74, 6) is -0.00360. The molecule has 0 saturated heterocycles. The van der Waals surface area contributed by atoms with Crippen molar-refractivity contribution >= 4 is 21.6 Å². The Balaban J connectivity index is 1.53. The van der Waals surface area contributed by atoms with Crippen LogP contribution in [-0.4, -0.2) is 46.4 Å². The van der Waals surface area contributed by atoms with Gasteiger partial charge >= 0.3 is 0 Å². The molecule has 1 atom stereocenters. The van der Waals surface area contributed by atoms with Gasteiger partial charge in [-0.15, -0.1) is 0 Å². The van der Waals surface area contributed by atoms with E-state index in [-0.39, 0.29) is 12.5 Å². The number of nitrogens with zero attached hydrogens (tertiary/aromatic N) is 1. The summed E-state index contributed by atoms with van der Waals surface area (Å²) in [5.41, 5.74) is 1.50. The van der Waals surface area contributed by atoms with Crippen LogP contribution in [0, 0.1) is 0 Å². The van der Waals surface area contributed by atoms with Gasteiger partial charge in [-0.3, -0.25) is 9.10 Å². The fourth-order valence-corrected chi connectivity index (χ4v) is 3.69. The van der Waals surface area contributed by atoms with Crippen LogP contribution in [0.4, 0.5) is 5.69 Å². The number of benzene rings is 2. The molecule has 0 spiro atoms. The number of hydrogen-bond acceptors (Lipinski definition) is 5. The maximum Gasteiger partial charge on any atom is 0.263 e. The van der Waals surface area contributed by atoms with E-state index in [9.17, 15) is 13.2 Å². The molecule has 0 aliphatic carbocycles. The van der Waals surface area contributed by atoms with Crippen LogP contribution in [0.1, 0.15) is 5.56 Å². The highest BCUT2D eigenvalue weighted by atomic mass is 32.2. The lowest BCUT2D eigenvalue weighted by Crippen LogP contribution is -2.50. The average molecular weight is 390 g/mol. The van der Waals surface area contributed by atoms with Crippen LogP contribution in [0.2, 0.25) is 0 Å². The Kier molecular flexibility index (Phi) is 5.98. The van der Waals surface area contributed by atoms with Crippen molar-refractivity contribution in [2.45, 2.75) is 12.7 Å². The highest BCUT2D eigenvalue weighted by Gasteiger charge is 2.34. The number of fused-ring (bicyclic) bond motifs is 1. The van der Waals surface area contributed by atoms with Crippen LogP contribution >= 0.6 is 0 Å². The molecule has 0 radical (unpaired) electrons. The SMILES string of the molecule is CS(=O)(=O)N1C[C@@H](C(=O)NCCOCc2ccccc2)Oc2ccccc21. The van der Waals surface area contributed by atoms with E-state index in [1.165, 1.54) is 4.31 Å². The first-order valence-electron chi connectivity index (χ1n) is 8.58. The monoisotopic (exact) mass is 390 g/mol. The van der Waals surface area contributed by atoms with Gasteiger partial charge in [0.1, 0.15) is 5.75 Å².